The van der Waals surface area contributed by atoms with Crippen LogP contribution in [0.3, 0.4) is 0 Å². The van der Waals surface area contributed by atoms with Crippen LogP contribution in [0, 0.1) is 0 Å². The van der Waals surface area contributed by atoms with E-state index < -0.39 is 0 Å². The third-order valence-corrected chi connectivity index (χ3v) is 5.10. The van der Waals surface area contributed by atoms with Crippen molar-refractivity contribution in [2.45, 2.75) is 31.6 Å². The number of carbonyl (C=O) groups is 1. The molecule has 2 aromatic carbocycles. The van der Waals surface area contributed by atoms with Crippen molar-refractivity contribution in [3.05, 3.63) is 65.2 Å². The lowest BCUT2D eigenvalue weighted by molar-refractivity contribution is -0.116. The van der Waals surface area contributed by atoms with Crippen LogP contribution >= 0.6 is 0 Å². The molecule has 1 amide bonds. The van der Waals surface area contributed by atoms with Gasteiger partial charge in [-0.2, -0.15) is 0 Å². The summed E-state index contributed by atoms with van der Waals surface area (Å²) < 4.78 is 0. The number of nitrogens with zero attached hydrogens (tertiary/aromatic N) is 1. The van der Waals surface area contributed by atoms with Crippen LogP contribution in [0.5, 0.6) is 0 Å². The molecule has 1 unspecified atom stereocenters. The molecular formula is C19H19NO. The van der Waals surface area contributed by atoms with E-state index in [1.165, 1.54) is 23.1 Å². The van der Waals surface area contributed by atoms with E-state index in [2.05, 4.69) is 42.5 Å². The predicted octanol–water partition coefficient (Wildman–Crippen LogP) is 3.68. The lowest BCUT2D eigenvalue weighted by Gasteiger charge is -2.36. The van der Waals surface area contributed by atoms with Crippen molar-refractivity contribution in [3.8, 4) is 0 Å². The lowest BCUT2D eigenvalue weighted by Crippen LogP contribution is -2.39. The average Bonchev–Trinajstić information content (AvgIpc) is 2.84. The summed E-state index contributed by atoms with van der Waals surface area (Å²) in [5.74, 6) is 0.141. The number of hydrogen-bond acceptors (Lipinski definition) is 1. The van der Waals surface area contributed by atoms with Gasteiger partial charge in [-0.15, -0.1) is 0 Å². The summed E-state index contributed by atoms with van der Waals surface area (Å²) in [5, 5.41) is 0. The minimum atomic E-state index is -0.00287. The highest BCUT2D eigenvalue weighted by Gasteiger charge is 2.46. The maximum Gasteiger partial charge on any atom is 0.223 e. The van der Waals surface area contributed by atoms with Gasteiger partial charge in [-0.25, -0.2) is 0 Å². The smallest absolute Gasteiger partial charge is 0.223 e. The van der Waals surface area contributed by atoms with E-state index in [0.29, 0.717) is 0 Å². The molecule has 0 fully saturated rings. The van der Waals surface area contributed by atoms with Gasteiger partial charge in [0.15, 0.2) is 0 Å². The van der Waals surface area contributed by atoms with E-state index in [0.717, 1.165) is 25.1 Å². The van der Waals surface area contributed by atoms with Gasteiger partial charge >= 0.3 is 0 Å². The summed E-state index contributed by atoms with van der Waals surface area (Å²) in [4.78, 5) is 14.0. The Bertz CT molecular complexity index is 721. The van der Waals surface area contributed by atoms with Crippen LogP contribution in [-0.4, -0.2) is 12.5 Å². The highest BCUT2D eigenvalue weighted by Crippen LogP contribution is 2.51. The first kappa shape index (κ1) is 12.6. The van der Waals surface area contributed by atoms with Gasteiger partial charge in [0.2, 0.25) is 5.91 Å². The maximum absolute atomic E-state index is 12.1. The van der Waals surface area contributed by atoms with Gasteiger partial charge in [0, 0.05) is 24.6 Å². The molecule has 1 heterocycles. The highest BCUT2D eigenvalue weighted by molar-refractivity contribution is 5.95. The largest absolute Gasteiger partial charge is 0.311 e. The fourth-order valence-electron chi connectivity index (χ4n) is 4.20. The molecule has 0 saturated carbocycles. The molecule has 0 saturated heterocycles. The zero-order valence-corrected chi connectivity index (χ0v) is 12.3. The molecule has 0 bridgehead atoms. The second-order valence-corrected chi connectivity index (χ2v) is 6.22. The van der Waals surface area contributed by atoms with Gasteiger partial charge in [-0.05, 0) is 42.0 Å². The quantitative estimate of drug-likeness (QED) is 0.719. The Morgan fingerprint density at radius 2 is 1.76 bits per heavy atom. The topological polar surface area (TPSA) is 20.3 Å². The fraction of sp³-hybridized carbons (Fsp3) is 0.316. The number of amides is 1. The summed E-state index contributed by atoms with van der Waals surface area (Å²) in [6, 6.07) is 17.2. The number of para-hydroxylation sites is 1. The molecule has 0 aromatic heterocycles. The summed E-state index contributed by atoms with van der Waals surface area (Å²) >= 11 is 0. The molecule has 106 valence electrons. The van der Waals surface area contributed by atoms with E-state index in [1.807, 2.05) is 11.0 Å². The molecular weight excluding hydrogens is 258 g/mol. The third-order valence-electron chi connectivity index (χ3n) is 5.10. The summed E-state index contributed by atoms with van der Waals surface area (Å²) in [6.07, 6.45) is 3.47. The van der Waals surface area contributed by atoms with Gasteiger partial charge in [-0.3, -0.25) is 4.79 Å². The lowest BCUT2D eigenvalue weighted by atomic mass is 9.67. The van der Waals surface area contributed by atoms with Gasteiger partial charge in [0.1, 0.15) is 0 Å². The van der Waals surface area contributed by atoms with Crippen LogP contribution in [0.4, 0.5) is 5.69 Å². The number of fused-ring (bicyclic) bond motifs is 4. The number of aryl methyl sites for hydroxylation is 1. The van der Waals surface area contributed by atoms with Crippen LogP contribution in [-0.2, 0) is 16.6 Å². The molecule has 4 rings (SSSR count). The van der Waals surface area contributed by atoms with Crippen LogP contribution < -0.4 is 4.90 Å². The van der Waals surface area contributed by atoms with Crippen molar-refractivity contribution < 1.29 is 4.79 Å². The standard InChI is InChI=1S/C19H19NO/c1-14(21)20-13-19(17-10-4-5-11-18(17)20)12-6-8-15-7-2-3-9-16(15)19/h2-5,7,9-11H,6,8,12-13H2,1H3. The summed E-state index contributed by atoms with van der Waals surface area (Å²) in [5.41, 5.74) is 5.29. The van der Waals surface area contributed by atoms with Crippen LogP contribution in [0.1, 0.15) is 36.5 Å². The Morgan fingerprint density at radius 1 is 1.05 bits per heavy atom. The number of rotatable bonds is 0. The molecule has 1 aliphatic heterocycles. The SMILES string of the molecule is CC(=O)N1CC2(CCCc3ccccc32)c2ccccc21. The normalized spacial score (nSPS) is 23.0. The van der Waals surface area contributed by atoms with Crippen LogP contribution in [0.25, 0.3) is 0 Å². The van der Waals surface area contributed by atoms with Gasteiger partial charge in [0.05, 0.1) is 0 Å². The molecule has 2 aliphatic rings. The summed E-state index contributed by atoms with van der Waals surface area (Å²) in [7, 11) is 0. The molecule has 2 heteroatoms. The zero-order chi connectivity index (χ0) is 14.4. The van der Waals surface area contributed by atoms with Crippen molar-refractivity contribution in [2.24, 2.45) is 0 Å². The average molecular weight is 277 g/mol. The zero-order valence-electron chi connectivity index (χ0n) is 12.3. The van der Waals surface area contributed by atoms with E-state index in [4.69, 9.17) is 0 Å². The maximum atomic E-state index is 12.1. The monoisotopic (exact) mass is 277 g/mol. The van der Waals surface area contributed by atoms with Gasteiger partial charge in [0.25, 0.3) is 0 Å². The number of carbonyl (C=O) groups excluding carboxylic acids is 1. The molecule has 2 aromatic rings. The Morgan fingerprint density at radius 3 is 2.57 bits per heavy atom. The van der Waals surface area contributed by atoms with Crippen molar-refractivity contribution in [2.75, 3.05) is 11.4 Å². The van der Waals surface area contributed by atoms with Gasteiger partial charge < -0.3 is 4.90 Å². The first-order chi connectivity index (χ1) is 10.2. The van der Waals surface area contributed by atoms with Crippen molar-refractivity contribution in [1.82, 2.24) is 0 Å². The molecule has 21 heavy (non-hydrogen) atoms. The second-order valence-electron chi connectivity index (χ2n) is 6.22. The third kappa shape index (κ3) is 1.68. The summed E-state index contributed by atoms with van der Waals surface area (Å²) in [6.45, 7) is 2.46. The minimum Gasteiger partial charge on any atom is -0.311 e. The Kier molecular flexibility index (Phi) is 2.68. The Labute approximate surface area is 125 Å². The number of hydrogen-bond donors (Lipinski definition) is 0. The van der Waals surface area contributed by atoms with E-state index in [9.17, 15) is 4.79 Å². The van der Waals surface area contributed by atoms with E-state index in [1.54, 1.807) is 6.92 Å². The number of benzene rings is 2. The number of anilines is 1. The Hall–Kier alpha value is -2.09. The molecule has 1 atom stereocenters. The molecule has 0 radical (unpaired) electrons. The predicted molar refractivity (Wildman–Crippen MR) is 84.6 cm³/mol. The van der Waals surface area contributed by atoms with E-state index in [-0.39, 0.29) is 11.3 Å². The van der Waals surface area contributed by atoms with Crippen molar-refractivity contribution in [1.29, 1.82) is 0 Å². The van der Waals surface area contributed by atoms with Gasteiger partial charge in [-0.1, -0.05) is 42.5 Å². The van der Waals surface area contributed by atoms with Crippen molar-refractivity contribution in [3.63, 3.8) is 0 Å². The molecule has 1 aliphatic carbocycles. The molecule has 1 spiro atoms. The van der Waals surface area contributed by atoms with Crippen LogP contribution in [0.2, 0.25) is 0 Å². The minimum absolute atomic E-state index is 0.00287. The van der Waals surface area contributed by atoms with E-state index >= 15 is 0 Å². The highest BCUT2D eigenvalue weighted by atomic mass is 16.2. The Balaban J connectivity index is 1.97. The molecule has 2 nitrogen and oxygen atoms in total. The second kappa shape index (κ2) is 4.45. The van der Waals surface area contributed by atoms with Crippen molar-refractivity contribution >= 4 is 11.6 Å². The first-order valence-electron chi connectivity index (χ1n) is 7.68. The molecule has 0 N–H and O–H groups in total. The first-order valence-corrected chi connectivity index (χ1v) is 7.68. The fourth-order valence-corrected chi connectivity index (χ4v) is 4.20. The van der Waals surface area contributed by atoms with Crippen LogP contribution in [0.15, 0.2) is 48.5 Å².